The highest BCUT2D eigenvalue weighted by atomic mass is 35.5. The summed E-state index contributed by atoms with van der Waals surface area (Å²) in [5.41, 5.74) is 6.01. The van der Waals surface area contributed by atoms with Gasteiger partial charge in [-0.3, -0.25) is 23.8 Å². The quantitative estimate of drug-likeness (QED) is 0.248. The number of benzene rings is 3. The summed E-state index contributed by atoms with van der Waals surface area (Å²) >= 11 is 6.23. The average Bonchev–Trinajstić information content (AvgIpc) is 3.54. The van der Waals surface area contributed by atoms with Crippen molar-refractivity contribution in [1.29, 1.82) is 4.78 Å². The lowest BCUT2D eigenvalue weighted by molar-refractivity contribution is -0.137. The predicted octanol–water partition coefficient (Wildman–Crippen LogP) is 4.19. The molecule has 44 heavy (non-hydrogen) atoms. The van der Waals surface area contributed by atoms with Gasteiger partial charge in [0, 0.05) is 40.3 Å². The molecule has 1 saturated heterocycles. The highest BCUT2D eigenvalue weighted by molar-refractivity contribution is 7.91. The number of rotatable bonds is 9. The smallest absolute Gasteiger partial charge is 0.269 e. The number of ether oxygens (including phenoxy) is 1. The Bertz CT molecular complexity index is 1900. The lowest BCUT2D eigenvalue weighted by atomic mass is 10.0. The van der Waals surface area contributed by atoms with Crippen LogP contribution >= 0.6 is 11.6 Å². The number of aromatic nitrogens is 2. The fourth-order valence-corrected chi connectivity index (χ4v) is 5.59. The van der Waals surface area contributed by atoms with Crippen LogP contribution in [0, 0.1) is 10.6 Å². The van der Waals surface area contributed by atoms with Gasteiger partial charge in [-0.1, -0.05) is 41.9 Å². The van der Waals surface area contributed by atoms with Crippen LogP contribution in [-0.4, -0.2) is 67.6 Å². The number of nitrogens with one attached hydrogen (secondary N) is 2. The highest BCUT2D eigenvalue weighted by Crippen LogP contribution is 2.33. The molecule has 1 aliphatic heterocycles. The summed E-state index contributed by atoms with van der Waals surface area (Å²) in [6, 6.07) is 14.2. The van der Waals surface area contributed by atoms with Crippen molar-refractivity contribution in [2.75, 3.05) is 24.1 Å². The molecule has 2 unspecified atom stereocenters. The number of anilines is 1. The number of amides is 3. The summed E-state index contributed by atoms with van der Waals surface area (Å²) in [5.74, 6) is -3.27. The number of hydrogen-bond acceptors (Lipinski definition) is 7. The van der Waals surface area contributed by atoms with E-state index in [0.29, 0.717) is 16.0 Å². The van der Waals surface area contributed by atoms with Gasteiger partial charge in [0.2, 0.25) is 11.8 Å². The SMILES string of the molecule is CS(=N)(=O)COc1ccc2c(C(N)=O)nn(CC(=O)N3C[C@H](F)CC3C(=O)Nc3cccc(-c4ccccc4Cl)c3F)c2c1. The number of carbonyl (C=O) groups excluding carboxylic acids is 3. The minimum absolute atomic E-state index is 0.132. The molecule has 0 radical (unpaired) electrons. The van der Waals surface area contributed by atoms with Gasteiger partial charge in [-0.15, -0.1) is 0 Å². The molecule has 0 spiro atoms. The summed E-state index contributed by atoms with van der Waals surface area (Å²) < 4.78 is 56.0. The zero-order valence-electron chi connectivity index (χ0n) is 23.3. The Kier molecular flexibility index (Phi) is 8.57. The molecule has 2 heterocycles. The molecule has 0 aliphatic carbocycles. The number of nitrogens with zero attached hydrogens (tertiary/aromatic N) is 3. The van der Waals surface area contributed by atoms with E-state index < -0.39 is 58.0 Å². The van der Waals surface area contributed by atoms with Crippen molar-refractivity contribution in [2.45, 2.75) is 25.2 Å². The fraction of sp³-hybridized carbons (Fsp3) is 0.241. The summed E-state index contributed by atoms with van der Waals surface area (Å²) in [5, 5.41) is 7.24. The number of hydrogen-bond donors (Lipinski definition) is 3. The predicted molar refractivity (Wildman–Crippen MR) is 161 cm³/mol. The number of fused-ring (bicyclic) bond motifs is 1. The number of primary amides is 1. The Morgan fingerprint density at radius 1 is 1.16 bits per heavy atom. The topological polar surface area (TPSA) is 160 Å². The number of alkyl halides is 1. The third kappa shape index (κ3) is 6.50. The van der Waals surface area contributed by atoms with Gasteiger partial charge in [0.15, 0.2) is 17.5 Å². The number of nitrogens with two attached hydrogens (primary N) is 1. The monoisotopic (exact) mass is 644 g/mol. The molecular weight excluding hydrogens is 618 g/mol. The van der Waals surface area contributed by atoms with Crippen LogP contribution in [0.15, 0.2) is 60.7 Å². The van der Waals surface area contributed by atoms with Crippen LogP contribution in [0.4, 0.5) is 14.5 Å². The van der Waals surface area contributed by atoms with Crippen LogP contribution in [0.2, 0.25) is 5.02 Å². The molecule has 4 N–H and O–H groups in total. The second kappa shape index (κ2) is 12.2. The first-order valence-corrected chi connectivity index (χ1v) is 15.8. The Morgan fingerprint density at radius 2 is 1.89 bits per heavy atom. The van der Waals surface area contributed by atoms with Crippen molar-refractivity contribution in [3.63, 3.8) is 0 Å². The maximum atomic E-state index is 15.5. The zero-order chi connectivity index (χ0) is 31.8. The number of halogens is 3. The van der Waals surface area contributed by atoms with E-state index in [0.717, 1.165) is 4.90 Å². The van der Waals surface area contributed by atoms with E-state index >= 15 is 4.39 Å². The van der Waals surface area contributed by atoms with Crippen molar-refractivity contribution in [2.24, 2.45) is 5.73 Å². The molecule has 1 aromatic heterocycles. The summed E-state index contributed by atoms with van der Waals surface area (Å²) in [4.78, 5) is 39.8. The van der Waals surface area contributed by atoms with Gasteiger partial charge in [-0.25, -0.2) is 13.0 Å². The first kappa shape index (κ1) is 30.9. The summed E-state index contributed by atoms with van der Waals surface area (Å²) in [6.07, 6.45) is -0.611. The van der Waals surface area contributed by atoms with Crippen molar-refractivity contribution in [1.82, 2.24) is 14.7 Å². The van der Waals surface area contributed by atoms with Gasteiger partial charge in [-0.2, -0.15) is 5.10 Å². The molecule has 1 aliphatic rings. The van der Waals surface area contributed by atoms with Crippen molar-refractivity contribution in [3.8, 4) is 16.9 Å². The Labute approximate surface area is 255 Å². The van der Waals surface area contributed by atoms with Gasteiger partial charge < -0.3 is 20.7 Å². The minimum atomic E-state index is -2.97. The molecular formula is C29H27ClF2N6O5S. The lowest BCUT2D eigenvalue weighted by Crippen LogP contribution is -2.44. The minimum Gasteiger partial charge on any atom is -0.479 e. The molecule has 3 atom stereocenters. The third-order valence-corrected chi connectivity index (χ3v) is 7.88. The van der Waals surface area contributed by atoms with E-state index in [9.17, 15) is 23.0 Å². The molecule has 11 nitrogen and oxygen atoms in total. The molecule has 15 heteroatoms. The lowest BCUT2D eigenvalue weighted by Gasteiger charge is -2.24. The van der Waals surface area contributed by atoms with E-state index in [1.807, 2.05) is 0 Å². The van der Waals surface area contributed by atoms with Crippen molar-refractivity contribution < 1.29 is 32.1 Å². The standard InChI is InChI=1S/C29H27ClF2N6O5S/c1-44(34,42)15-43-17-9-10-20-23(12-17)38(36-27(20)28(33)40)14-25(39)37-13-16(31)11-24(37)29(41)35-22-8-4-6-19(26(22)32)18-5-2-3-7-21(18)30/h2-10,12,16,24,34H,11,13-15H2,1H3,(H2,33,40)(H,35,41)/t16-,24?,44?/m1/s1. The second-order valence-corrected chi connectivity index (χ2v) is 13.0. The van der Waals surface area contributed by atoms with Crippen LogP contribution in [0.3, 0.4) is 0 Å². The Hall–Kier alpha value is -4.56. The van der Waals surface area contributed by atoms with Crippen LogP contribution in [0.25, 0.3) is 22.0 Å². The zero-order valence-corrected chi connectivity index (χ0v) is 24.8. The van der Waals surface area contributed by atoms with Gasteiger partial charge >= 0.3 is 0 Å². The molecule has 1 fully saturated rings. The van der Waals surface area contributed by atoms with Crippen LogP contribution in [0.1, 0.15) is 16.9 Å². The molecule has 0 saturated carbocycles. The third-order valence-electron chi connectivity index (χ3n) is 6.99. The molecule has 3 aromatic carbocycles. The summed E-state index contributed by atoms with van der Waals surface area (Å²) in [7, 11) is -2.97. The first-order valence-electron chi connectivity index (χ1n) is 13.2. The number of carbonyl (C=O) groups is 3. The maximum Gasteiger partial charge on any atom is 0.269 e. The van der Waals surface area contributed by atoms with E-state index in [2.05, 4.69) is 10.4 Å². The summed E-state index contributed by atoms with van der Waals surface area (Å²) in [6.45, 7) is -0.882. The normalized spacial score (nSPS) is 17.8. The highest BCUT2D eigenvalue weighted by Gasteiger charge is 2.40. The molecule has 230 valence electrons. The van der Waals surface area contributed by atoms with Gasteiger partial charge in [0.1, 0.15) is 24.5 Å². The Balaban J connectivity index is 1.39. The van der Waals surface area contributed by atoms with Gasteiger partial charge in [0.05, 0.1) is 27.5 Å². The van der Waals surface area contributed by atoms with Gasteiger partial charge in [0.25, 0.3) is 5.91 Å². The largest absolute Gasteiger partial charge is 0.479 e. The van der Waals surface area contributed by atoms with Crippen molar-refractivity contribution >= 4 is 55.6 Å². The fourth-order valence-electron chi connectivity index (χ4n) is 4.99. The van der Waals surface area contributed by atoms with E-state index in [1.165, 1.54) is 47.3 Å². The van der Waals surface area contributed by atoms with E-state index in [1.54, 1.807) is 24.3 Å². The number of likely N-dealkylation sites (tertiary alicyclic amines) is 1. The average molecular weight is 645 g/mol. The molecule has 0 bridgehead atoms. The van der Waals surface area contributed by atoms with Gasteiger partial charge in [-0.05, 0) is 24.3 Å². The van der Waals surface area contributed by atoms with Crippen LogP contribution in [0.5, 0.6) is 5.75 Å². The second-order valence-electron chi connectivity index (χ2n) is 10.3. The first-order chi connectivity index (χ1) is 20.8. The molecule has 5 rings (SSSR count). The maximum absolute atomic E-state index is 15.5. The van der Waals surface area contributed by atoms with E-state index in [-0.39, 0.29) is 41.2 Å². The van der Waals surface area contributed by atoms with E-state index in [4.69, 9.17) is 26.9 Å². The van der Waals surface area contributed by atoms with Crippen molar-refractivity contribution in [3.05, 3.63) is 77.2 Å². The van der Waals surface area contributed by atoms with Crippen LogP contribution < -0.4 is 15.8 Å². The molecule has 4 aromatic rings. The Morgan fingerprint density at radius 3 is 2.59 bits per heavy atom. The molecule has 3 amide bonds. The van der Waals surface area contributed by atoms with Crippen LogP contribution in [-0.2, 0) is 25.9 Å².